The minimum atomic E-state index is -0.405. The Morgan fingerprint density at radius 3 is 2.50 bits per heavy atom. The van der Waals surface area contributed by atoms with Gasteiger partial charge in [-0.1, -0.05) is 36.0 Å². The quantitative estimate of drug-likeness (QED) is 0.674. The van der Waals surface area contributed by atoms with Crippen LogP contribution in [-0.2, 0) is 4.79 Å². The van der Waals surface area contributed by atoms with E-state index in [2.05, 4.69) is 15.5 Å². The topological polar surface area (TPSA) is 81.7 Å². The summed E-state index contributed by atoms with van der Waals surface area (Å²) in [5.41, 5.74) is 0.290. The Balaban J connectivity index is 1.40. The van der Waals surface area contributed by atoms with E-state index in [0.29, 0.717) is 10.6 Å². The molecule has 6 nitrogen and oxygen atoms in total. The van der Waals surface area contributed by atoms with Crippen LogP contribution in [-0.4, -0.2) is 59.6 Å². The zero-order valence-electron chi connectivity index (χ0n) is 15.8. The third-order valence-electron chi connectivity index (χ3n) is 5.64. The first-order valence-electron chi connectivity index (χ1n) is 9.89. The molecule has 2 amide bonds. The average Bonchev–Trinajstić information content (AvgIpc) is 2.67. The maximum Gasteiger partial charge on any atom is 0.253 e. The van der Waals surface area contributed by atoms with E-state index in [4.69, 9.17) is 23.2 Å². The molecule has 2 aliphatic rings. The highest BCUT2D eigenvalue weighted by molar-refractivity contribution is 6.36. The average molecular weight is 428 g/mol. The number of hydrogen-bond acceptors (Lipinski definition) is 4. The molecule has 154 valence electrons. The molecule has 1 aromatic carbocycles. The number of amides is 2. The second-order valence-electron chi connectivity index (χ2n) is 7.60. The van der Waals surface area contributed by atoms with Crippen molar-refractivity contribution in [2.75, 3.05) is 19.6 Å². The normalized spacial score (nSPS) is 24.0. The van der Waals surface area contributed by atoms with Gasteiger partial charge in [-0.25, -0.2) is 0 Å². The van der Waals surface area contributed by atoms with E-state index < -0.39 is 5.91 Å². The predicted octanol–water partition coefficient (Wildman–Crippen LogP) is 2.61. The SMILES string of the molecule is O=C(CNC(=O)c1ccc(Cl)cc1Cl)NC1CCN([C@@H]2CCCC[C@@H]2O)CC1. The Morgan fingerprint density at radius 2 is 1.82 bits per heavy atom. The van der Waals surface area contributed by atoms with Crippen LogP contribution in [0.4, 0.5) is 0 Å². The van der Waals surface area contributed by atoms with E-state index in [1.807, 2.05) is 0 Å². The van der Waals surface area contributed by atoms with Crippen LogP contribution in [0.5, 0.6) is 0 Å². The van der Waals surface area contributed by atoms with Gasteiger partial charge in [-0.2, -0.15) is 0 Å². The molecule has 1 aliphatic carbocycles. The molecule has 3 N–H and O–H groups in total. The van der Waals surface area contributed by atoms with Gasteiger partial charge in [-0.3, -0.25) is 14.5 Å². The van der Waals surface area contributed by atoms with Gasteiger partial charge in [-0.05, 0) is 43.9 Å². The summed E-state index contributed by atoms with van der Waals surface area (Å²) >= 11 is 11.8. The van der Waals surface area contributed by atoms with Gasteiger partial charge in [0.15, 0.2) is 0 Å². The minimum Gasteiger partial charge on any atom is -0.391 e. The van der Waals surface area contributed by atoms with Crippen LogP contribution in [0.3, 0.4) is 0 Å². The summed E-state index contributed by atoms with van der Waals surface area (Å²) in [7, 11) is 0. The first-order chi connectivity index (χ1) is 13.4. The van der Waals surface area contributed by atoms with Gasteiger partial charge in [0.2, 0.25) is 5.91 Å². The molecular formula is C20H27Cl2N3O3. The van der Waals surface area contributed by atoms with E-state index in [9.17, 15) is 14.7 Å². The Bertz CT molecular complexity index is 708. The number of aliphatic hydroxyl groups excluding tert-OH is 1. The monoisotopic (exact) mass is 427 g/mol. The van der Waals surface area contributed by atoms with Crippen molar-refractivity contribution in [3.63, 3.8) is 0 Å². The van der Waals surface area contributed by atoms with Gasteiger partial charge in [0.1, 0.15) is 0 Å². The number of rotatable bonds is 5. The van der Waals surface area contributed by atoms with Crippen molar-refractivity contribution in [3.05, 3.63) is 33.8 Å². The van der Waals surface area contributed by atoms with Gasteiger partial charge in [0.05, 0.1) is 23.2 Å². The van der Waals surface area contributed by atoms with Crippen LogP contribution in [0.15, 0.2) is 18.2 Å². The number of piperidine rings is 1. The number of halogens is 2. The molecule has 2 fully saturated rings. The molecular weight excluding hydrogens is 401 g/mol. The number of nitrogens with zero attached hydrogens (tertiary/aromatic N) is 1. The number of likely N-dealkylation sites (tertiary alicyclic amines) is 1. The third kappa shape index (κ3) is 5.60. The van der Waals surface area contributed by atoms with Crippen molar-refractivity contribution < 1.29 is 14.7 Å². The van der Waals surface area contributed by atoms with Crippen molar-refractivity contribution in [2.45, 2.75) is 56.7 Å². The minimum absolute atomic E-state index is 0.0977. The zero-order chi connectivity index (χ0) is 20.1. The zero-order valence-corrected chi connectivity index (χ0v) is 17.3. The molecule has 3 rings (SSSR count). The summed E-state index contributed by atoms with van der Waals surface area (Å²) < 4.78 is 0. The van der Waals surface area contributed by atoms with Crippen molar-refractivity contribution in [1.29, 1.82) is 0 Å². The van der Waals surface area contributed by atoms with E-state index in [1.165, 1.54) is 18.6 Å². The Kier molecular flexibility index (Phi) is 7.57. The standard InChI is InChI=1S/C20H27Cl2N3O3/c21-13-5-6-15(16(22)11-13)20(28)23-12-19(27)24-14-7-9-25(10-8-14)17-3-1-2-4-18(17)26/h5-6,11,14,17-18,26H,1-4,7-10,12H2,(H,23,28)(H,24,27)/t17-,18+/m1/s1. The Morgan fingerprint density at radius 1 is 1.11 bits per heavy atom. The fourth-order valence-electron chi connectivity index (χ4n) is 4.10. The molecule has 0 unspecified atom stereocenters. The molecule has 0 bridgehead atoms. The highest BCUT2D eigenvalue weighted by Gasteiger charge is 2.31. The highest BCUT2D eigenvalue weighted by atomic mass is 35.5. The second kappa shape index (κ2) is 9.92. The fourth-order valence-corrected chi connectivity index (χ4v) is 4.60. The summed E-state index contributed by atoms with van der Waals surface area (Å²) in [4.78, 5) is 26.7. The first-order valence-corrected chi connectivity index (χ1v) is 10.6. The predicted molar refractivity (Wildman–Crippen MR) is 110 cm³/mol. The third-order valence-corrected chi connectivity index (χ3v) is 6.19. The summed E-state index contributed by atoms with van der Waals surface area (Å²) in [6.07, 6.45) is 5.70. The van der Waals surface area contributed by atoms with Crippen LogP contribution in [0.25, 0.3) is 0 Å². The second-order valence-corrected chi connectivity index (χ2v) is 8.45. The molecule has 1 aromatic rings. The molecule has 28 heavy (non-hydrogen) atoms. The largest absolute Gasteiger partial charge is 0.391 e. The lowest BCUT2D eigenvalue weighted by Gasteiger charge is -2.41. The highest BCUT2D eigenvalue weighted by Crippen LogP contribution is 2.26. The van der Waals surface area contributed by atoms with E-state index in [0.717, 1.165) is 45.2 Å². The van der Waals surface area contributed by atoms with Crippen molar-refractivity contribution >= 4 is 35.0 Å². The Labute approximate surface area is 175 Å². The molecule has 0 aromatic heterocycles. The molecule has 2 atom stereocenters. The molecule has 1 heterocycles. The van der Waals surface area contributed by atoms with Crippen LogP contribution in [0.2, 0.25) is 10.0 Å². The van der Waals surface area contributed by atoms with E-state index in [1.54, 1.807) is 6.07 Å². The Hall–Kier alpha value is -1.34. The molecule has 0 spiro atoms. The van der Waals surface area contributed by atoms with Crippen molar-refractivity contribution in [1.82, 2.24) is 15.5 Å². The number of carbonyl (C=O) groups excluding carboxylic acids is 2. The van der Waals surface area contributed by atoms with Crippen molar-refractivity contribution in [2.24, 2.45) is 0 Å². The lowest BCUT2D eigenvalue weighted by Crippen LogP contribution is -2.53. The maximum atomic E-state index is 12.2. The van der Waals surface area contributed by atoms with Gasteiger partial charge >= 0.3 is 0 Å². The summed E-state index contributed by atoms with van der Waals surface area (Å²) in [6, 6.07) is 4.97. The van der Waals surface area contributed by atoms with Crippen LogP contribution < -0.4 is 10.6 Å². The summed E-state index contributed by atoms with van der Waals surface area (Å²) in [6.45, 7) is 1.65. The van der Waals surface area contributed by atoms with Crippen LogP contribution in [0, 0.1) is 0 Å². The number of aliphatic hydroxyl groups is 1. The van der Waals surface area contributed by atoms with E-state index in [-0.39, 0.29) is 35.7 Å². The van der Waals surface area contributed by atoms with Gasteiger partial charge in [0.25, 0.3) is 5.91 Å². The molecule has 1 saturated carbocycles. The number of hydrogen-bond donors (Lipinski definition) is 3. The lowest BCUT2D eigenvalue weighted by atomic mass is 9.89. The molecule has 1 aliphatic heterocycles. The van der Waals surface area contributed by atoms with Gasteiger partial charge in [0, 0.05) is 30.2 Å². The number of nitrogens with one attached hydrogen (secondary N) is 2. The molecule has 1 saturated heterocycles. The maximum absolute atomic E-state index is 12.2. The smallest absolute Gasteiger partial charge is 0.253 e. The number of carbonyl (C=O) groups is 2. The lowest BCUT2D eigenvalue weighted by molar-refractivity contribution is -0.121. The van der Waals surface area contributed by atoms with Gasteiger partial charge in [-0.15, -0.1) is 0 Å². The van der Waals surface area contributed by atoms with Crippen molar-refractivity contribution in [3.8, 4) is 0 Å². The van der Waals surface area contributed by atoms with Gasteiger partial charge < -0.3 is 15.7 Å². The number of benzene rings is 1. The first kappa shape index (κ1) is 21.4. The molecule has 0 radical (unpaired) electrons. The van der Waals surface area contributed by atoms with Crippen LogP contribution >= 0.6 is 23.2 Å². The summed E-state index contributed by atoms with van der Waals surface area (Å²) in [5.74, 6) is -0.618. The molecule has 8 heteroatoms. The van der Waals surface area contributed by atoms with E-state index >= 15 is 0 Å². The van der Waals surface area contributed by atoms with Crippen LogP contribution in [0.1, 0.15) is 48.9 Å². The summed E-state index contributed by atoms with van der Waals surface area (Å²) in [5, 5.41) is 16.5. The fraction of sp³-hybridized carbons (Fsp3) is 0.600.